The first-order valence-electron chi connectivity index (χ1n) is 11.8. The van der Waals surface area contributed by atoms with Crippen molar-refractivity contribution in [3.63, 3.8) is 0 Å². The number of aliphatic hydroxyl groups excluding tert-OH is 1. The molecule has 0 aliphatic carbocycles. The Morgan fingerprint density at radius 1 is 1.00 bits per heavy atom. The van der Waals surface area contributed by atoms with E-state index in [1.165, 1.54) is 0 Å². The van der Waals surface area contributed by atoms with Crippen molar-refractivity contribution < 1.29 is 43.3 Å². The monoisotopic (exact) mass is 538 g/mol. The molecule has 1 aromatic carbocycles. The standard InChI is InChI=1S/C25H38N4O9/c1-24(2,3)37-14-16(22(34)36-13-15-10-8-7-9-11-15)29(21(33)18(26)19(31)20(27)32)17(30)12-28-23(35)38-25(4,5)6/h7-11,16,18-19,31H,12-14,26H2,1-6H3,(H2,27,32)(H,28,35)/t16-,18-,19-/m0/s1. The highest BCUT2D eigenvalue weighted by atomic mass is 16.6. The average Bonchev–Trinajstić information content (AvgIpc) is 2.81. The van der Waals surface area contributed by atoms with E-state index in [1.807, 2.05) is 0 Å². The SMILES string of the molecule is CC(C)(C)OC[C@@H](C(=O)OCc1ccccc1)N(C(=O)CNC(=O)OC(C)(C)C)C(=O)[C@@H](N)[C@H](O)C(N)=O. The highest BCUT2D eigenvalue weighted by molar-refractivity contribution is 6.04. The second-order valence-corrected chi connectivity index (χ2v) is 10.4. The summed E-state index contributed by atoms with van der Waals surface area (Å²) in [6, 6.07) is 4.94. The number of hydrogen-bond donors (Lipinski definition) is 4. The Morgan fingerprint density at radius 3 is 2.08 bits per heavy atom. The van der Waals surface area contributed by atoms with Crippen LogP contribution in [-0.4, -0.2) is 82.3 Å². The fourth-order valence-electron chi connectivity index (χ4n) is 2.87. The van der Waals surface area contributed by atoms with E-state index in [9.17, 15) is 29.1 Å². The lowest BCUT2D eigenvalue weighted by Gasteiger charge is -2.33. The summed E-state index contributed by atoms with van der Waals surface area (Å²) in [5.41, 5.74) is 9.73. The maximum Gasteiger partial charge on any atom is 0.408 e. The number of ether oxygens (including phenoxy) is 3. The molecule has 3 atom stereocenters. The second kappa shape index (κ2) is 13.8. The number of carbonyl (C=O) groups is 5. The molecule has 0 heterocycles. The molecule has 0 saturated heterocycles. The number of nitrogens with zero attached hydrogens (tertiary/aromatic N) is 1. The van der Waals surface area contributed by atoms with Gasteiger partial charge in [0.15, 0.2) is 12.1 Å². The molecule has 4 amide bonds. The number of alkyl carbamates (subject to hydrolysis) is 1. The van der Waals surface area contributed by atoms with Crippen molar-refractivity contribution in [1.82, 2.24) is 10.2 Å². The van der Waals surface area contributed by atoms with Crippen LogP contribution in [0.3, 0.4) is 0 Å². The molecule has 0 saturated carbocycles. The molecule has 0 unspecified atom stereocenters. The minimum absolute atomic E-state index is 0.186. The third kappa shape index (κ3) is 11.2. The van der Waals surface area contributed by atoms with Crippen LogP contribution in [0.4, 0.5) is 4.79 Å². The predicted molar refractivity (Wildman–Crippen MR) is 135 cm³/mol. The van der Waals surface area contributed by atoms with Gasteiger partial charge in [0.1, 0.15) is 24.8 Å². The van der Waals surface area contributed by atoms with Crippen LogP contribution in [-0.2, 0) is 40.0 Å². The van der Waals surface area contributed by atoms with Crippen LogP contribution in [0.15, 0.2) is 30.3 Å². The van der Waals surface area contributed by atoms with Gasteiger partial charge < -0.3 is 36.1 Å². The number of benzene rings is 1. The van der Waals surface area contributed by atoms with Crippen molar-refractivity contribution in [2.75, 3.05) is 13.2 Å². The van der Waals surface area contributed by atoms with Gasteiger partial charge in [0.2, 0.25) is 17.7 Å². The van der Waals surface area contributed by atoms with E-state index in [0.717, 1.165) is 0 Å². The summed E-state index contributed by atoms with van der Waals surface area (Å²) in [4.78, 5) is 63.6. The summed E-state index contributed by atoms with van der Waals surface area (Å²) in [6.45, 7) is 8.37. The zero-order valence-corrected chi connectivity index (χ0v) is 22.6. The van der Waals surface area contributed by atoms with Gasteiger partial charge in [-0.15, -0.1) is 0 Å². The van der Waals surface area contributed by atoms with Crippen molar-refractivity contribution >= 4 is 29.8 Å². The Balaban J connectivity index is 3.33. The number of imide groups is 1. The Hall–Kier alpha value is -3.55. The Labute approximate surface area is 221 Å². The molecule has 38 heavy (non-hydrogen) atoms. The predicted octanol–water partition coefficient (Wildman–Crippen LogP) is -0.0331. The number of esters is 1. The lowest BCUT2D eigenvalue weighted by molar-refractivity contribution is -0.168. The largest absolute Gasteiger partial charge is 0.459 e. The third-order valence-electron chi connectivity index (χ3n) is 4.69. The average molecular weight is 539 g/mol. The molecule has 212 valence electrons. The summed E-state index contributed by atoms with van der Waals surface area (Å²) >= 11 is 0. The van der Waals surface area contributed by atoms with Crippen molar-refractivity contribution in [3.05, 3.63) is 35.9 Å². The number of amides is 4. The van der Waals surface area contributed by atoms with Crippen molar-refractivity contribution in [3.8, 4) is 0 Å². The van der Waals surface area contributed by atoms with Crippen molar-refractivity contribution in [1.29, 1.82) is 0 Å². The Morgan fingerprint density at radius 2 is 1.58 bits per heavy atom. The Bertz CT molecular complexity index is 987. The molecule has 0 aliphatic rings. The lowest BCUT2D eigenvalue weighted by atomic mass is 10.1. The van der Waals surface area contributed by atoms with Crippen LogP contribution in [0.5, 0.6) is 0 Å². The van der Waals surface area contributed by atoms with Gasteiger partial charge in [-0.3, -0.25) is 19.3 Å². The summed E-state index contributed by atoms with van der Waals surface area (Å²) < 4.78 is 16.1. The molecule has 0 fully saturated rings. The molecule has 0 aromatic heterocycles. The summed E-state index contributed by atoms with van der Waals surface area (Å²) in [6.07, 6.45) is -3.13. The first-order chi connectivity index (χ1) is 17.4. The number of hydrogen-bond acceptors (Lipinski definition) is 10. The van der Waals surface area contributed by atoms with Crippen LogP contribution in [0.1, 0.15) is 47.1 Å². The molecule has 0 bridgehead atoms. The molecule has 0 aliphatic heterocycles. The van der Waals surface area contributed by atoms with E-state index in [0.29, 0.717) is 10.5 Å². The van der Waals surface area contributed by atoms with E-state index in [-0.39, 0.29) is 6.61 Å². The topological polar surface area (TPSA) is 201 Å². The number of primary amides is 1. The molecule has 13 nitrogen and oxygen atoms in total. The summed E-state index contributed by atoms with van der Waals surface area (Å²) in [7, 11) is 0. The third-order valence-corrected chi connectivity index (χ3v) is 4.69. The number of rotatable bonds is 11. The van der Waals surface area contributed by atoms with Gasteiger partial charge >= 0.3 is 12.1 Å². The van der Waals surface area contributed by atoms with Crippen molar-refractivity contribution in [2.45, 2.75) is 77.5 Å². The van der Waals surface area contributed by atoms with Gasteiger partial charge in [-0.1, -0.05) is 30.3 Å². The highest BCUT2D eigenvalue weighted by Gasteiger charge is 2.42. The van der Waals surface area contributed by atoms with Crippen LogP contribution in [0, 0.1) is 0 Å². The molecule has 1 aromatic rings. The molecule has 0 spiro atoms. The van der Waals surface area contributed by atoms with E-state index in [1.54, 1.807) is 71.9 Å². The van der Waals surface area contributed by atoms with Crippen LogP contribution in [0.2, 0.25) is 0 Å². The maximum absolute atomic E-state index is 13.3. The van der Waals surface area contributed by atoms with Crippen LogP contribution < -0.4 is 16.8 Å². The number of nitrogens with one attached hydrogen (secondary N) is 1. The quantitative estimate of drug-likeness (QED) is 0.277. The second-order valence-electron chi connectivity index (χ2n) is 10.4. The van der Waals surface area contributed by atoms with Crippen molar-refractivity contribution in [2.24, 2.45) is 11.5 Å². The zero-order valence-electron chi connectivity index (χ0n) is 22.6. The van der Waals surface area contributed by atoms with Gasteiger partial charge in [-0.25, -0.2) is 9.59 Å². The molecule has 6 N–H and O–H groups in total. The smallest absolute Gasteiger partial charge is 0.408 e. The molecular weight excluding hydrogens is 500 g/mol. The Kier molecular flexibility index (Phi) is 11.8. The molecule has 0 radical (unpaired) electrons. The van der Waals surface area contributed by atoms with Gasteiger partial charge in [0.05, 0.1) is 12.2 Å². The fraction of sp³-hybridized carbons (Fsp3) is 0.560. The van der Waals surface area contributed by atoms with E-state index in [4.69, 9.17) is 25.7 Å². The zero-order chi connectivity index (χ0) is 29.3. The van der Waals surface area contributed by atoms with Gasteiger partial charge in [-0.05, 0) is 47.1 Å². The van der Waals surface area contributed by atoms with E-state index in [2.05, 4.69) is 5.32 Å². The highest BCUT2D eigenvalue weighted by Crippen LogP contribution is 2.15. The summed E-state index contributed by atoms with van der Waals surface area (Å²) in [5, 5.41) is 12.2. The number of carbonyl (C=O) groups excluding carboxylic acids is 5. The number of aliphatic hydroxyl groups is 1. The minimum atomic E-state index is -2.17. The lowest BCUT2D eigenvalue weighted by Crippen LogP contribution is -2.62. The van der Waals surface area contributed by atoms with E-state index >= 15 is 0 Å². The van der Waals surface area contributed by atoms with Gasteiger partial charge in [0, 0.05) is 0 Å². The summed E-state index contributed by atoms with van der Waals surface area (Å²) in [5.74, 6) is -4.77. The molecule has 1 rings (SSSR count). The van der Waals surface area contributed by atoms with E-state index < -0.39 is 72.3 Å². The first-order valence-corrected chi connectivity index (χ1v) is 11.8. The fourth-order valence-corrected chi connectivity index (χ4v) is 2.87. The van der Waals surface area contributed by atoms with Gasteiger partial charge in [0.25, 0.3) is 0 Å². The molecular formula is C25H38N4O9. The minimum Gasteiger partial charge on any atom is -0.459 e. The number of nitrogens with two attached hydrogens (primary N) is 2. The van der Waals surface area contributed by atoms with Crippen LogP contribution >= 0.6 is 0 Å². The maximum atomic E-state index is 13.3. The normalized spacial score (nSPS) is 14.0. The molecule has 13 heteroatoms. The first kappa shape index (κ1) is 32.5. The van der Waals surface area contributed by atoms with Gasteiger partial charge in [-0.2, -0.15) is 0 Å². The van der Waals surface area contributed by atoms with Crippen LogP contribution in [0.25, 0.3) is 0 Å².